The van der Waals surface area contributed by atoms with Crippen molar-refractivity contribution >= 4 is 30.6 Å². The van der Waals surface area contributed by atoms with E-state index in [2.05, 4.69) is 9.80 Å². The zero-order valence-corrected chi connectivity index (χ0v) is 21.2. The van der Waals surface area contributed by atoms with Crippen molar-refractivity contribution in [3.63, 3.8) is 0 Å². The number of hydrogen-bond donors (Lipinski definition) is 0. The largest absolute Gasteiger partial charge is 0.490 e. The molecule has 1 fully saturated rings. The average Bonchev–Trinajstić information content (AvgIpc) is 2.79. The quantitative estimate of drug-likeness (QED) is 0.269. The van der Waals surface area contributed by atoms with E-state index in [1.54, 1.807) is 0 Å². The van der Waals surface area contributed by atoms with E-state index in [4.69, 9.17) is 4.74 Å². The normalized spacial score (nSPS) is 14.8. The molecular weight excluding hydrogens is 507 g/mol. The Hall–Kier alpha value is -1.87. The van der Waals surface area contributed by atoms with Crippen LogP contribution in [0.25, 0.3) is 0 Å². The van der Waals surface area contributed by atoms with E-state index in [0.29, 0.717) is 17.7 Å². The molecule has 1 aliphatic rings. The number of halogens is 6. The molecule has 0 amide bonds. The van der Waals surface area contributed by atoms with Crippen LogP contribution < -0.4 is 4.74 Å². The lowest BCUT2D eigenvalue weighted by Crippen LogP contribution is -2.41. The van der Waals surface area contributed by atoms with Crippen LogP contribution in [-0.2, 0) is 6.18 Å². The van der Waals surface area contributed by atoms with Crippen LogP contribution >= 0.6 is 24.8 Å². The summed E-state index contributed by atoms with van der Waals surface area (Å²) in [5.74, 6) is 0.149. The van der Waals surface area contributed by atoms with Gasteiger partial charge in [-0.1, -0.05) is 0 Å². The number of likely N-dealkylation sites (N-methyl/N-ethyl adjacent to an activating group) is 1. The van der Waals surface area contributed by atoms with Gasteiger partial charge >= 0.3 is 6.18 Å². The first-order chi connectivity index (χ1) is 15.7. The third kappa shape index (κ3) is 10.3. The summed E-state index contributed by atoms with van der Waals surface area (Å²) >= 11 is 0. The molecule has 1 aliphatic heterocycles. The van der Waals surface area contributed by atoms with Crippen LogP contribution in [0.5, 0.6) is 5.75 Å². The van der Waals surface area contributed by atoms with E-state index < -0.39 is 11.7 Å². The fourth-order valence-electron chi connectivity index (χ4n) is 3.88. The van der Waals surface area contributed by atoms with Crippen molar-refractivity contribution < 1.29 is 27.1 Å². The number of ether oxygens (including phenoxy) is 1. The smallest absolute Gasteiger partial charge is 0.416 e. The number of carbonyl (C=O) groups is 1. The number of hydrogen-bond acceptors (Lipinski definition) is 4. The van der Waals surface area contributed by atoms with E-state index in [9.17, 15) is 22.4 Å². The lowest BCUT2D eigenvalue weighted by Gasteiger charge is -2.33. The molecule has 2 aromatic rings. The zero-order valence-electron chi connectivity index (χ0n) is 19.6. The second-order valence-electron chi connectivity index (χ2n) is 8.52. The Kier molecular flexibility index (Phi) is 13.0. The minimum Gasteiger partial charge on any atom is -0.490 e. The standard InChI is InChI=1S/C25H30F4N2O2.2ClH/c1-30(14-2-3-24(32)19-4-8-21(26)9-5-19)17-18-31-15-12-23(13-16-31)33-22-10-6-20(7-11-22)25(27,28)29;;/h4-11,23H,2-3,12-18H2,1H3;2*1H. The number of carbonyl (C=O) groups excluding carboxylic acids is 1. The van der Waals surface area contributed by atoms with Gasteiger partial charge in [0.1, 0.15) is 17.7 Å². The summed E-state index contributed by atoms with van der Waals surface area (Å²) in [5, 5.41) is 0. The highest BCUT2D eigenvalue weighted by atomic mass is 35.5. The SMILES string of the molecule is CN(CCCC(=O)c1ccc(F)cc1)CCN1CCC(Oc2ccc(C(F)(F)F)cc2)CC1.Cl.Cl. The fourth-order valence-corrected chi connectivity index (χ4v) is 3.88. The molecule has 0 bridgehead atoms. The molecule has 3 rings (SSSR count). The summed E-state index contributed by atoms with van der Waals surface area (Å²) in [5.41, 5.74) is -0.131. The lowest BCUT2D eigenvalue weighted by molar-refractivity contribution is -0.137. The summed E-state index contributed by atoms with van der Waals surface area (Å²) in [6.07, 6.45) is -1.49. The Morgan fingerprint density at radius 2 is 1.60 bits per heavy atom. The van der Waals surface area contributed by atoms with Crippen molar-refractivity contribution in [1.29, 1.82) is 0 Å². The summed E-state index contributed by atoms with van der Waals surface area (Å²) in [7, 11) is 2.03. The first-order valence-electron chi connectivity index (χ1n) is 11.2. The molecule has 2 aromatic carbocycles. The van der Waals surface area contributed by atoms with Crippen LogP contribution in [0, 0.1) is 5.82 Å². The molecule has 0 N–H and O–H groups in total. The van der Waals surface area contributed by atoms with E-state index in [1.807, 2.05) is 7.05 Å². The van der Waals surface area contributed by atoms with Crippen LogP contribution in [0.2, 0.25) is 0 Å². The molecule has 10 heteroatoms. The third-order valence-electron chi connectivity index (χ3n) is 5.93. The summed E-state index contributed by atoms with van der Waals surface area (Å²) < 4.78 is 56.8. The van der Waals surface area contributed by atoms with Gasteiger partial charge in [0.05, 0.1) is 5.56 Å². The van der Waals surface area contributed by atoms with Crippen LogP contribution in [0.4, 0.5) is 17.6 Å². The number of ketones is 1. The van der Waals surface area contributed by atoms with Crippen molar-refractivity contribution in [2.24, 2.45) is 0 Å². The topological polar surface area (TPSA) is 32.8 Å². The predicted molar refractivity (Wildman–Crippen MR) is 133 cm³/mol. The van der Waals surface area contributed by atoms with Gasteiger partial charge in [0.15, 0.2) is 5.78 Å². The molecule has 1 heterocycles. The number of rotatable bonds is 10. The first kappa shape index (κ1) is 31.2. The van der Waals surface area contributed by atoms with Gasteiger partial charge in [-0.3, -0.25) is 4.79 Å². The Morgan fingerprint density at radius 3 is 2.17 bits per heavy atom. The van der Waals surface area contributed by atoms with E-state index >= 15 is 0 Å². The molecule has 0 unspecified atom stereocenters. The summed E-state index contributed by atoms with van der Waals surface area (Å²) in [6.45, 7) is 4.36. The number of piperidine rings is 1. The second kappa shape index (κ2) is 14.6. The Morgan fingerprint density at radius 1 is 1.00 bits per heavy atom. The molecule has 0 spiro atoms. The molecular formula is C25H32Cl2F4N2O2. The lowest BCUT2D eigenvalue weighted by atomic mass is 10.1. The first-order valence-corrected chi connectivity index (χ1v) is 11.2. The van der Waals surface area contributed by atoms with Crippen LogP contribution in [0.3, 0.4) is 0 Å². The van der Waals surface area contributed by atoms with Gasteiger partial charge in [-0.15, -0.1) is 24.8 Å². The third-order valence-corrected chi connectivity index (χ3v) is 5.93. The van der Waals surface area contributed by atoms with Gasteiger partial charge < -0.3 is 14.5 Å². The van der Waals surface area contributed by atoms with Gasteiger partial charge in [0, 0.05) is 38.2 Å². The van der Waals surface area contributed by atoms with Crippen LogP contribution in [0.15, 0.2) is 48.5 Å². The number of likely N-dealkylation sites (tertiary alicyclic amines) is 1. The Labute approximate surface area is 216 Å². The van der Waals surface area contributed by atoms with Crippen LogP contribution in [-0.4, -0.2) is 61.5 Å². The minimum atomic E-state index is -4.34. The van der Waals surface area contributed by atoms with Gasteiger partial charge in [-0.25, -0.2) is 4.39 Å². The highest BCUT2D eigenvalue weighted by Gasteiger charge is 2.30. The summed E-state index contributed by atoms with van der Waals surface area (Å²) in [6, 6.07) is 10.5. The molecule has 0 radical (unpaired) electrons. The highest BCUT2D eigenvalue weighted by Crippen LogP contribution is 2.30. The van der Waals surface area contributed by atoms with E-state index in [1.165, 1.54) is 36.4 Å². The maximum absolute atomic E-state index is 13.0. The van der Waals surface area contributed by atoms with E-state index in [-0.39, 0.29) is 42.5 Å². The van der Waals surface area contributed by atoms with Crippen molar-refractivity contribution in [2.75, 3.05) is 39.8 Å². The Balaban J connectivity index is 0.00000306. The maximum atomic E-state index is 13.0. The molecule has 196 valence electrons. The minimum absolute atomic E-state index is 0. The summed E-state index contributed by atoms with van der Waals surface area (Å²) in [4.78, 5) is 16.7. The van der Waals surface area contributed by atoms with Crippen molar-refractivity contribution in [3.8, 4) is 5.75 Å². The molecule has 0 saturated carbocycles. The van der Waals surface area contributed by atoms with Crippen molar-refractivity contribution in [2.45, 2.75) is 38.0 Å². The molecule has 0 atom stereocenters. The van der Waals surface area contributed by atoms with Gasteiger partial charge in [0.25, 0.3) is 0 Å². The number of nitrogens with zero attached hydrogens (tertiary/aromatic N) is 2. The number of benzene rings is 2. The van der Waals surface area contributed by atoms with Crippen LogP contribution in [0.1, 0.15) is 41.6 Å². The average molecular weight is 539 g/mol. The number of Topliss-reactive ketones (excluding diaryl/α,β-unsaturated/α-hetero) is 1. The second-order valence-corrected chi connectivity index (χ2v) is 8.52. The van der Waals surface area contributed by atoms with Gasteiger partial charge in [-0.05, 0) is 81.4 Å². The Bertz CT molecular complexity index is 888. The van der Waals surface area contributed by atoms with Gasteiger partial charge in [0.2, 0.25) is 0 Å². The van der Waals surface area contributed by atoms with Crippen molar-refractivity contribution in [3.05, 3.63) is 65.5 Å². The highest BCUT2D eigenvalue weighted by molar-refractivity contribution is 5.95. The molecule has 0 aliphatic carbocycles. The molecule has 0 aromatic heterocycles. The van der Waals surface area contributed by atoms with E-state index in [0.717, 1.165) is 64.1 Å². The van der Waals surface area contributed by atoms with Crippen molar-refractivity contribution in [1.82, 2.24) is 9.80 Å². The van der Waals surface area contributed by atoms with Gasteiger partial charge in [-0.2, -0.15) is 13.2 Å². The maximum Gasteiger partial charge on any atom is 0.416 e. The monoisotopic (exact) mass is 538 g/mol. The molecule has 1 saturated heterocycles. The molecule has 35 heavy (non-hydrogen) atoms. The fraction of sp³-hybridized carbons (Fsp3) is 0.480. The predicted octanol–water partition coefficient (Wildman–Crippen LogP) is 6.13. The number of alkyl halides is 3. The zero-order chi connectivity index (χ0) is 23.8. The molecule has 4 nitrogen and oxygen atoms in total.